The molecule has 1 N–H and O–H groups in total. The summed E-state index contributed by atoms with van der Waals surface area (Å²) in [6, 6.07) is 4.93. The molecule has 3 rings (SSSR count). The van der Waals surface area contributed by atoms with E-state index in [1.807, 2.05) is 0 Å². The maximum Gasteiger partial charge on any atom is 0.418 e. The van der Waals surface area contributed by atoms with Gasteiger partial charge in [0.2, 0.25) is 0 Å². The van der Waals surface area contributed by atoms with Crippen molar-refractivity contribution in [1.82, 2.24) is 20.2 Å². The van der Waals surface area contributed by atoms with Gasteiger partial charge in [0.1, 0.15) is 0 Å². The molecule has 0 fully saturated rings. The lowest BCUT2D eigenvalue weighted by Crippen LogP contribution is -2.13. The number of halogens is 3. The van der Waals surface area contributed by atoms with E-state index in [1.54, 1.807) is 0 Å². The van der Waals surface area contributed by atoms with Gasteiger partial charge in [-0.25, -0.2) is 0 Å². The number of hydrogen-bond donors (Lipinski definition) is 1. The Bertz CT molecular complexity index is 828. The second kappa shape index (κ2) is 4.65. The minimum atomic E-state index is -4.52. The number of aromatic nitrogens is 4. The predicted octanol–water partition coefficient (Wildman–Crippen LogP) is 2.35. The van der Waals surface area contributed by atoms with Gasteiger partial charge in [-0.3, -0.25) is 9.78 Å². The second-order valence-electron chi connectivity index (χ2n) is 4.25. The normalized spacial score (nSPS) is 11.8. The van der Waals surface area contributed by atoms with Gasteiger partial charge in [-0.2, -0.15) is 18.3 Å². The summed E-state index contributed by atoms with van der Waals surface area (Å²) < 4.78 is 39.0. The number of fused-ring (bicyclic) bond motifs is 1. The van der Waals surface area contributed by atoms with Crippen molar-refractivity contribution >= 4 is 0 Å². The molecule has 21 heavy (non-hydrogen) atoms. The van der Waals surface area contributed by atoms with Crippen LogP contribution in [0, 0.1) is 0 Å². The van der Waals surface area contributed by atoms with Crippen LogP contribution in [-0.2, 0) is 6.18 Å². The van der Waals surface area contributed by atoms with E-state index in [1.165, 1.54) is 30.6 Å². The molecule has 0 bridgehead atoms. The third-order valence-corrected chi connectivity index (χ3v) is 2.91. The molecule has 0 saturated heterocycles. The molecule has 0 radical (unpaired) electrons. The number of nitrogens with zero attached hydrogens (tertiary/aromatic N) is 3. The number of rotatable bonds is 1. The van der Waals surface area contributed by atoms with Gasteiger partial charge in [-0.05, 0) is 24.3 Å². The lowest BCUT2D eigenvalue weighted by Gasteiger charge is -2.13. The molecule has 106 valence electrons. The Morgan fingerprint density at radius 2 is 1.90 bits per heavy atom. The molecular weight excluding hydrogens is 285 g/mol. The highest BCUT2D eigenvalue weighted by Crippen LogP contribution is 2.35. The predicted molar refractivity (Wildman–Crippen MR) is 67.5 cm³/mol. The molecule has 0 spiro atoms. The fraction of sp³-hybridized carbons (Fsp3) is 0.0769. The summed E-state index contributed by atoms with van der Waals surface area (Å²) in [7, 11) is 0. The van der Waals surface area contributed by atoms with Crippen molar-refractivity contribution in [2.75, 3.05) is 0 Å². The first-order valence-corrected chi connectivity index (χ1v) is 5.84. The molecule has 1 aromatic rings. The van der Waals surface area contributed by atoms with Crippen LogP contribution < -0.4 is 5.56 Å². The molecule has 0 aliphatic carbocycles. The van der Waals surface area contributed by atoms with Gasteiger partial charge in [0.25, 0.3) is 5.56 Å². The van der Waals surface area contributed by atoms with E-state index in [9.17, 15) is 18.0 Å². The summed E-state index contributed by atoms with van der Waals surface area (Å²) in [5.74, 6) is 0. The van der Waals surface area contributed by atoms with Crippen LogP contribution in [-0.4, -0.2) is 20.2 Å². The summed E-state index contributed by atoms with van der Waals surface area (Å²) in [6.45, 7) is 0. The standard InChI is InChI=1S/C13H7F3N4O/c14-13(15,16)8-2-1-5-17-11(8)9-4-3-7-10(19-9)6-18-20-12(7)21/h1-6,19H. The second-order valence-corrected chi connectivity index (χ2v) is 4.25. The SMILES string of the molecule is O=c1nncc2[nH]c(-c3ncccc3C(F)(F)F)ccc1-2. The van der Waals surface area contributed by atoms with Gasteiger partial charge >= 0.3 is 6.18 Å². The Morgan fingerprint density at radius 3 is 2.67 bits per heavy atom. The smallest absolute Gasteiger partial charge is 0.352 e. The van der Waals surface area contributed by atoms with E-state index >= 15 is 0 Å². The molecule has 0 amide bonds. The highest BCUT2D eigenvalue weighted by atomic mass is 19.4. The molecule has 3 heterocycles. The average Bonchev–Trinajstić information content (AvgIpc) is 2.46. The van der Waals surface area contributed by atoms with E-state index in [0.717, 1.165) is 6.07 Å². The molecule has 2 aliphatic rings. The van der Waals surface area contributed by atoms with Gasteiger partial charge < -0.3 is 4.98 Å². The van der Waals surface area contributed by atoms with Gasteiger partial charge in [-0.15, -0.1) is 5.10 Å². The monoisotopic (exact) mass is 292 g/mol. The summed E-state index contributed by atoms with van der Waals surface area (Å²) in [5, 5.41) is 6.83. The van der Waals surface area contributed by atoms with Crippen LogP contribution in [0.4, 0.5) is 13.2 Å². The molecule has 0 aromatic carbocycles. The Labute approximate surface area is 115 Å². The van der Waals surface area contributed by atoms with E-state index in [2.05, 4.69) is 20.2 Å². The third-order valence-electron chi connectivity index (χ3n) is 2.91. The Hall–Kier alpha value is -2.77. The summed E-state index contributed by atoms with van der Waals surface area (Å²) >= 11 is 0. The van der Waals surface area contributed by atoms with E-state index in [4.69, 9.17) is 0 Å². The quantitative estimate of drug-likeness (QED) is 0.747. The van der Waals surface area contributed by atoms with E-state index in [0.29, 0.717) is 5.69 Å². The van der Waals surface area contributed by atoms with Crippen LogP contribution in [0.2, 0.25) is 0 Å². The Balaban J connectivity index is 2.23. The number of hydrogen-bond acceptors (Lipinski definition) is 4. The molecule has 1 aromatic heterocycles. The van der Waals surface area contributed by atoms with Crippen LogP contribution in [0.15, 0.2) is 41.5 Å². The zero-order valence-electron chi connectivity index (χ0n) is 10.3. The molecule has 2 aliphatic heterocycles. The highest BCUT2D eigenvalue weighted by molar-refractivity contribution is 5.67. The first-order chi connectivity index (χ1) is 9.97. The Kier molecular flexibility index (Phi) is 2.93. The lowest BCUT2D eigenvalue weighted by molar-refractivity contribution is -0.137. The largest absolute Gasteiger partial charge is 0.418 e. The first kappa shape index (κ1) is 13.2. The minimum Gasteiger partial charge on any atom is -0.352 e. The van der Waals surface area contributed by atoms with Crippen molar-refractivity contribution in [3.05, 3.63) is 52.6 Å². The van der Waals surface area contributed by atoms with Crippen molar-refractivity contribution < 1.29 is 13.2 Å². The Morgan fingerprint density at radius 1 is 1.10 bits per heavy atom. The summed E-state index contributed by atoms with van der Waals surface area (Å²) in [5.41, 5.74) is -0.958. The van der Waals surface area contributed by atoms with Crippen molar-refractivity contribution in [3.63, 3.8) is 0 Å². The topological polar surface area (TPSA) is 71.5 Å². The lowest BCUT2D eigenvalue weighted by atomic mass is 10.1. The molecular formula is C13H7F3N4O. The molecule has 5 nitrogen and oxygen atoms in total. The maximum atomic E-state index is 13.0. The number of alkyl halides is 3. The third kappa shape index (κ3) is 2.35. The summed E-state index contributed by atoms with van der Waals surface area (Å²) in [4.78, 5) is 18.0. The summed E-state index contributed by atoms with van der Waals surface area (Å²) in [6.07, 6.45) is -1.98. The average molecular weight is 292 g/mol. The molecule has 8 heteroatoms. The van der Waals surface area contributed by atoms with Gasteiger partial charge in [0.05, 0.1) is 34.4 Å². The van der Waals surface area contributed by atoms with Gasteiger partial charge in [0, 0.05) is 6.20 Å². The zero-order valence-corrected chi connectivity index (χ0v) is 10.3. The number of pyridine rings is 2. The van der Waals surface area contributed by atoms with Crippen LogP contribution >= 0.6 is 0 Å². The van der Waals surface area contributed by atoms with Crippen LogP contribution in [0.25, 0.3) is 22.6 Å². The highest BCUT2D eigenvalue weighted by Gasteiger charge is 2.34. The molecule has 0 saturated carbocycles. The first-order valence-electron chi connectivity index (χ1n) is 5.84. The molecule has 0 atom stereocenters. The maximum absolute atomic E-state index is 13.0. The van der Waals surface area contributed by atoms with Gasteiger partial charge in [0.15, 0.2) is 0 Å². The fourth-order valence-corrected chi connectivity index (χ4v) is 1.98. The van der Waals surface area contributed by atoms with Crippen molar-refractivity contribution in [3.8, 4) is 22.6 Å². The van der Waals surface area contributed by atoms with E-state index < -0.39 is 17.3 Å². The van der Waals surface area contributed by atoms with Gasteiger partial charge in [-0.1, -0.05) is 0 Å². The van der Waals surface area contributed by atoms with Crippen LogP contribution in [0.1, 0.15) is 5.56 Å². The van der Waals surface area contributed by atoms with Crippen molar-refractivity contribution in [2.24, 2.45) is 0 Å². The molecule has 0 unspecified atom stereocenters. The minimum absolute atomic E-state index is 0.142. The zero-order chi connectivity index (χ0) is 15.0. The fourth-order valence-electron chi connectivity index (χ4n) is 1.98. The van der Waals surface area contributed by atoms with Crippen LogP contribution in [0.5, 0.6) is 0 Å². The number of aromatic amines is 1. The number of nitrogens with one attached hydrogen (secondary N) is 1. The van der Waals surface area contributed by atoms with Crippen LogP contribution in [0.3, 0.4) is 0 Å². The number of H-pyrrole nitrogens is 1. The van der Waals surface area contributed by atoms with Crippen molar-refractivity contribution in [2.45, 2.75) is 6.18 Å². The van der Waals surface area contributed by atoms with Crippen molar-refractivity contribution in [1.29, 1.82) is 0 Å². The van der Waals surface area contributed by atoms with E-state index in [-0.39, 0.29) is 17.0 Å².